The summed E-state index contributed by atoms with van der Waals surface area (Å²) in [6, 6.07) is 10.2. The Morgan fingerprint density at radius 2 is 1.84 bits per heavy atom. The number of benzene rings is 2. The molecule has 9 nitrogen and oxygen atoms in total. The number of anilines is 2. The summed E-state index contributed by atoms with van der Waals surface area (Å²) < 4.78 is 32.1. The third-order valence-electron chi connectivity index (χ3n) is 3.38. The number of nitrogens with zero attached hydrogens (tertiary/aromatic N) is 1. The Hall–Kier alpha value is -3.40. The molecule has 0 aliphatic heterocycles. The lowest BCUT2D eigenvalue weighted by atomic mass is 10.2. The molecule has 0 fully saturated rings. The van der Waals surface area contributed by atoms with E-state index in [1.54, 1.807) is 0 Å². The van der Waals surface area contributed by atoms with E-state index < -0.39 is 26.3 Å². The molecule has 0 aliphatic carbocycles. The van der Waals surface area contributed by atoms with Gasteiger partial charge in [0.25, 0.3) is 15.7 Å². The van der Waals surface area contributed by atoms with E-state index in [1.165, 1.54) is 42.5 Å². The van der Waals surface area contributed by atoms with E-state index in [2.05, 4.69) is 4.72 Å². The molecule has 1 heterocycles. The highest BCUT2D eigenvalue weighted by molar-refractivity contribution is 7.92. The molecular weight excluding hydrogens is 350 g/mol. The van der Waals surface area contributed by atoms with Crippen LogP contribution >= 0.6 is 0 Å². The number of fused-ring (bicyclic) bond motifs is 1. The van der Waals surface area contributed by atoms with Gasteiger partial charge in [0.05, 0.1) is 15.5 Å². The molecule has 0 amide bonds. The molecule has 0 bridgehead atoms. The summed E-state index contributed by atoms with van der Waals surface area (Å²) in [5, 5.41) is 11.3. The van der Waals surface area contributed by atoms with Gasteiger partial charge in [-0.3, -0.25) is 14.8 Å². The van der Waals surface area contributed by atoms with Crippen molar-refractivity contribution in [1.82, 2.24) is 0 Å². The molecule has 3 N–H and O–H groups in total. The van der Waals surface area contributed by atoms with Crippen molar-refractivity contribution in [2.75, 3.05) is 10.5 Å². The van der Waals surface area contributed by atoms with Crippen molar-refractivity contribution in [2.24, 2.45) is 0 Å². The molecule has 0 unspecified atom stereocenters. The SMILES string of the molecule is Nc1ccc(NS(=O)(=O)c2ccc3oc(=O)ccc3c2)cc1[N+](=O)[O-]. The lowest BCUT2D eigenvalue weighted by Gasteiger charge is -2.09. The third kappa shape index (κ3) is 3.28. The molecule has 0 radical (unpaired) electrons. The first-order valence-corrected chi connectivity index (χ1v) is 8.35. The molecule has 1 aromatic heterocycles. The van der Waals surface area contributed by atoms with E-state index in [0.717, 1.165) is 6.07 Å². The molecule has 0 saturated heterocycles. The van der Waals surface area contributed by atoms with Gasteiger partial charge in [0.15, 0.2) is 0 Å². The van der Waals surface area contributed by atoms with Crippen molar-refractivity contribution in [1.29, 1.82) is 0 Å². The second-order valence-electron chi connectivity index (χ2n) is 5.09. The Labute approximate surface area is 140 Å². The van der Waals surface area contributed by atoms with Gasteiger partial charge in [-0.2, -0.15) is 0 Å². The van der Waals surface area contributed by atoms with E-state index in [1.807, 2.05) is 0 Å². The van der Waals surface area contributed by atoms with Gasteiger partial charge in [0.1, 0.15) is 11.3 Å². The molecule has 0 saturated carbocycles. The van der Waals surface area contributed by atoms with Crippen molar-refractivity contribution < 1.29 is 17.8 Å². The van der Waals surface area contributed by atoms with Crippen LogP contribution in [0.25, 0.3) is 11.0 Å². The van der Waals surface area contributed by atoms with Gasteiger partial charge >= 0.3 is 5.63 Å². The number of nitro groups is 1. The minimum absolute atomic E-state index is 0.000547. The van der Waals surface area contributed by atoms with E-state index in [-0.39, 0.29) is 21.9 Å². The standard InChI is InChI=1S/C15H11N3O6S/c16-12-4-2-10(8-13(12)18(20)21)17-25(22,23)11-3-5-14-9(7-11)1-6-15(19)24-14/h1-8,17H,16H2. The van der Waals surface area contributed by atoms with Crippen LogP contribution in [0.2, 0.25) is 0 Å². The molecule has 128 valence electrons. The summed E-state index contributed by atoms with van der Waals surface area (Å²) >= 11 is 0. The minimum Gasteiger partial charge on any atom is -0.423 e. The van der Waals surface area contributed by atoms with Gasteiger partial charge in [-0.25, -0.2) is 13.2 Å². The van der Waals surface area contributed by atoms with Gasteiger partial charge in [-0.05, 0) is 36.4 Å². The first kappa shape index (κ1) is 16.5. The van der Waals surface area contributed by atoms with Crippen molar-refractivity contribution in [3.8, 4) is 0 Å². The largest absolute Gasteiger partial charge is 0.423 e. The molecule has 3 aromatic rings. The van der Waals surface area contributed by atoms with E-state index in [4.69, 9.17) is 10.2 Å². The Balaban J connectivity index is 1.99. The number of nitrogens with two attached hydrogens (primary N) is 1. The lowest BCUT2D eigenvalue weighted by Crippen LogP contribution is -2.13. The maximum Gasteiger partial charge on any atom is 0.336 e. The maximum atomic E-state index is 12.5. The van der Waals surface area contributed by atoms with Gasteiger partial charge in [0, 0.05) is 17.5 Å². The molecule has 2 aromatic carbocycles. The Morgan fingerprint density at radius 1 is 1.08 bits per heavy atom. The number of rotatable bonds is 4. The molecule has 3 rings (SSSR count). The summed E-state index contributed by atoms with van der Waals surface area (Å²) in [4.78, 5) is 21.3. The van der Waals surface area contributed by atoms with Crippen LogP contribution in [0.15, 0.2) is 62.6 Å². The smallest absolute Gasteiger partial charge is 0.336 e. The molecule has 0 atom stereocenters. The number of hydrogen-bond acceptors (Lipinski definition) is 7. The monoisotopic (exact) mass is 361 g/mol. The number of nitro benzene ring substituents is 1. The topological polar surface area (TPSA) is 146 Å². The summed E-state index contributed by atoms with van der Waals surface area (Å²) in [7, 11) is -4.00. The minimum atomic E-state index is -4.00. The van der Waals surface area contributed by atoms with Crippen LogP contribution in [0.5, 0.6) is 0 Å². The van der Waals surface area contributed by atoms with Crippen LogP contribution in [-0.2, 0) is 10.0 Å². The summed E-state index contributed by atoms with van der Waals surface area (Å²) in [5.41, 5.74) is 4.71. The summed E-state index contributed by atoms with van der Waals surface area (Å²) in [6.45, 7) is 0. The molecule has 0 spiro atoms. The van der Waals surface area contributed by atoms with Crippen LogP contribution in [-0.4, -0.2) is 13.3 Å². The van der Waals surface area contributed by atoms with Gasteiger partial charge in [-0.15, -0.1) is 0 Å². The predicted octanol–water partition coefficient (Wildman–Crippen LogP) is 2.08. The highest BCUT2D eigenvalue weighted by Crippen LogP contribution is 2.27. The number of nitrogen functional groups attached to an aromatic ring is 1. The van der Waals surface area contributed by atoms with Crippen molar-refractivity contribution >= 4 is 38.1 Å². The molecule has 0 aliphatic rings. The van der Waals surface area contributed by atoms with Crippen molar-refractivity contribution in [2.45, 2.75) is 4.90 Å². The molecular formula is C15H11N3O6S. The Bertz CT molecular complexity index is 1150. The number of nitrogens with one attached hydrogen (secondary N) is 1. The fourth-order valence-electron chi connectivity index (χ4n) is 2.20. The van der Waals surface area contributed by atoms with E-state index in [0.29, 0.717) is 5.39 Å². The average molecular weight is 361 g/mol. The molecule has 25 heavy (non-hydrogen) atoms. The van der Waals surface area contributed by atoms with Crippen LogP contribution < -0.4 is 16.1 Å². The van der Waals surface area contributed by atoms with Crippen LogP contribution in [0, 0.1) is 10.1 Å². The van der Waals surface area contributed by atoms with Gasteiger partial charge in [-0.1, -0.05) is 0 Å². The third-order valence-corrected chi connectivity index (χ3v) is 4.76. The van der Waals surface area contributed by atoms with Crippen LogP contribution in [0.3, 0.4) is 0 Å². The predicted molar refractivity (Wildman–Crippen MR) is 90.8 cm³/mol. The normalized spacial score (nSPS) is 11.4. The molecule has 10 heteroatoms. The quantitative estimate of drug-likeness (QED) is 0.313. The van der Waals surface area contributed by atoms with Gasteiger partial charge < -0.3 is 10.2 Å². The lowest BCUT2D eigenvalue weighted by molar-refractivity contribution is -0.383. The summed E-state index contributed by atoms with van der Waals surface area (Å²) in [5.74, 6) is 0. The van der Waals surface area contributed by atoms with Gasteiger partial charge in [0.2, 0.25) is 0 Å². The fourth-order valence-corrected chi connectivity index (χ4v) is 3.28. The van der Waals surface area contributed by atoms with Crippen molar-refractivity contribution in [3.05, 3.63) is 69.1 Å². The Morgan fingerprint density at radius 3 is 2.56 bits per heavy atom. The first-order chi connectivity index (χ1) is 11.8. The van der Waals surface area contributed by atoms with E-state index in [9.17, 15) is 23.3 Å². The number of hydrogen-bond donors (Lipinski definition) is 2. The number of sulfonamides is 1. The van der Waals surface area contributed by atoms with Crippen molar-refractivity contribution in [3.63, 3.8) is 0 Å². The Kier molecular flexibility index (Phi) is 3.89. The fraction of sp³-hybridized carbons (Fsp3) is 0. The van der Waals surface area contributed by atoms with Crippen LogP contribution in [0.1, 0.15) is 0 Å². The average Bonchev–Trinajstić information content (AvgIpc) is 2.55. The second kappa shape index (κ2) is 5.91. The second-order valence-corrected chi connectivity index (χ2v) is 6.77. The zero-order valence-electron chi connectivity index (χ0n) is 12.5. The maximum absolute atomic E-state index is 12.5. The first-order valence-electron chi connectivity index (χ1n) is 6.87. The highest BCUT2D eigenvalue weighted by atomic mass is 32.2. The zero-order valence-corrected chi connectivity index (χ0v) is 13.3. The van der Waals surface area contributed by atoms with Crippen LogP contribution in [0.4, 0.5) is 17.1 Å². The highest BCUT2D eigenvalue weighted by Gasteiger charge is 2.18. The zero-order chi connectivity index (χ0) is 18.2. The summed E-state index contributed by atoms with van der Waals surface area (Å²) in [6.07, 6.45) is 0. The van der Waals surface area contributed by atoms with E-state index >= 15 is 0 Å².